The predicted octanol–water partition coefficient (Wildman–Crippen LogP) is -0.333. The molecule has 4 heteroatoms. The molecule has 0 aliphatic rings. The highest BCUT2D eigenvalue weighted by Gasteiger charge is 1.93. The molecule has 0 spiro atoms. The number of rotatable bonds is 2. The molecule has 0 fully saturated rings. The van der Waals surface area contributed by atoms with Crippen LogP contribution in [0, 0.1) is 6.33 Å². The van der Waals surface area contributed by atoms with E-state index in [9.17, 15) is 4.79 Å². The van der Waals surface area contributed by atoms with Crippen molar-refractivity contribution in [3.05, 3.63) is 12.7 Å². The van der Waals surface area contributed by atoms with E-state index in [2.05, 4.69) is 16.5 Å². The van der Waals surface area contributed by atoms with Crippen LogP contribution in [0.25, 0.3) is 0 Å². The molecule has 0 atom stereocenters. The van der Waals surface area contributed by atoms with Crippen molar-refractivity contribution in [1.82, 2.24) is 14.8 Å². The van der Waals surface area contributed by atoms with E-state index in [1.54, 1.807) is 0 Å². The molecule has 0 saturated heterocycles. The Labute approximate surface area is 52.5 Å². The fourth-order valence-corrected chi connectivity index (χ4v) is 0.513. The van der Waals surface area contributed by atoms with Gasteiger partial charge in [0.05, 0.1) is 6.54 Å². The molecule has 4 nitrogen and oxygen atoms in total. The van der Waals surface area contributed by atoms with E-state index in [1.807, 2.05) is 0 Å². The first kappa shape index (κ1) is 5.94. The number of nitrogens with zero attached hydrogens (tertiary/aromatic N) is 3. The highest BCUT2D eigenvalue weighted by atomic mass is 16.1. The fourth-order valence-electron chi connectivity index (χ4n) is 0.513. The lowest BCUT2D eigenvalue weighted by Gasteiger charge is -1.90. The number of hydrogen-bond acceptors (Lipinski definition) is 3. The largest absolute Gasteiger partial charge is 0.303 e. The zero-order valence-corrected chi connectivity index (χ0v) is 5.03. The monoisotopic (exact) mass is 124 g/mol. The molecular formula is C5H6N3O. The third-order valence-corrected chi connectivity index (χ3v) is 0.815. The number of carbonyl (C=O) groups excluding carboxylic acids is 1. The molecular weight excluding hydrogens is 118 g/mol. The van der Waals surface area contributed by atoms with Gasteiger partial charge in [0, 0.05) is 0 Å². The van der Waals surface area contributed by atoms with Gasteiger partial charge in [0.1, 0.15) is 12.1 Å². The van der Waals surface area contributed by atoms with Crippen LogP contribution in [-0.2, 0) is 11.3 Å². The van der Waals surface area contributed by atoms with Crippen LogP contribution >= 0.6 is 0 Å². The summed E-state index contributed by atoms with van der Waals surface area (Å²) < 4.78 is 1.50. The van der Waals surface area contributed by atoms with E-state index in [0.29, 0.717) is 6.54 Å². The Morgan fingerprint density at radius 2 is 2.67 bits per heavy atom. The lowest BCUT2D eigenvalue weighted by Crippen LogP contribution is -2.03. The van der Waals surface area contributed by atoms with Crippen LogP contribution in [0.15, 0.2) is 6.33 Å². The topological polar surface area (TPSA) is 47.8 Å². The standard InChI is InChI=1S/C5H6N3O/c1-5(9)2-8-3-6-7-4-8/h3H,2H2,1H3. The third kappa shape index (κ3) is 1.64. The molecule has 0 saturated carbocycles. The molecule has 1 rings (SSSR count). The van der Waals surface area contributed by atoms with Crippen molar-refractivity contribution in [2.24, 2.45) is 0 Å². The number of hydrogen-bond donors (Lipinski definition) is 0. The molecule has 1 aromatic rings. The first-order chi connectivity index (χ1) is 4.29. The number of aromatic nitrogens is 3. The van der Waals surface area contributed by atoms with Gasteiger partial charge in [-0.25, -0.2) is 0 Å². The van der Waals surface area contributed by atoms with Crippen molar-refractivity contribution in [3.8, 4) is 0 Å². The van der Waals surface area contributed by atoms with Gasteiger partial charge in [-0.1, -0.05) is 0 Å². The third-order valence-electron chi connectivity index (χ3n) is 0.815. The summed E-state index contributed by atoms with van der Waals surface area (Å²) in [5, 5.41) is 6.89. The predicted molar refractivity (Wildman–Crippen MR) is 29.5 cm³/mol. The van der Waals surface area contributed by atoms with E-state index in [-0.39, 0.29) is 5.78 Å². The summed E-state index contributed by atoms with van der Waals surface area (Å²) in [6.07, 6.45) is 3.96. The van der Waals surface area contributed by atoms with Gasteiger partial charge in [0.25, 0.3) is 0 Å². The molecule has 0 bridgehead atoms. The second-order valence-corrected chi connectivity index (χ2v) is 1.76. The fraction of sp³-hybridized carbons (Fsp3) is 0.400. The summed E-state index contributed by atoms with van der Waals surface area (Å²) in [5.41, 5.74) is 0. The molecule has 1 heterocycles. The van der Waals surface area contributed by atoms with Crippen molar-refractivity contribution in [1.29, 1.82) is 0 Å². The second kappa shape index (κ2) is 2.39. The maximum Gasteiger partial charge on any atom is 0.202 e. The molecule has 1 radical (unpaired) electrons. The van der Waals surface area contributed by atoms with Gasteiger partial charge in [-0.15, -0.1) is 10.2 Å². The van der Waals surface area contributed by atoms with Gasteiger partial charge in [0.2, 0.25) is 6.33 Å². The normalized spacial score (nSPS) is 9.44. The van der Waals surface area contributed by atoms with Crippen LogP contribution in [0.1, 0.15) is 6.92 Å². The quantitative estimate of drug-likeness (QED) is 0.542. The van der Waals surface area contributed by atoms with Crippen molar-refractivity contribution in [3.63, 3.8) is 0 Å². The average molecular weight is 124 g/mol. The molecule has 0 N–H and O–H groups in total. The smallest absolute Gasteiger partial charge is 0.202 e. The van der Waals surface area contributed by atoms with E-state index in [1.165, 1.54) is 17.8 Å². The van der Waals surface area contributed by atoms with Crippen molar-refractivity contribution in [2.75, 3.05) is 0 Å². The summed E-state index contributed by atoms with van der Waals surface area (Å²) in [7, 11) is 0. The van der Waals surface area contributed by atoms with Crippen LogP contribution in [-0.4, -0.2) is 20.5 Å². The minimum Gasteiger partial charge on any atom is -0.303 e. The average Bonchev–Trinajstić information content (AvgIpc) is 2.15. The molecule has 0 unspecified atom stereocenters. The van der Waals surface area contributed by atoms with Crippen LogP contribution in [0.3, 0.4) is 0 Å². The summed E-state index contributed by atoms with van der Waals surface area (Å²) >= 11 is 0. The van der Waals surface area contributed by atoms with Crippen molar-refractivity contribution >= 4 is 5.78 Å². The van der Waals surface area contributed by atoms with Crippen LogP contribution in [0.5, 0.6) is 0 Å². The zero-order valence-electron chi connectivity index (χ0n) is 5.03. The van der Waals surface area contributed by atoms with Gasteiger partial charge >= 0.3 is 0 Å². The second-order valence-electron chi connectivity index (χ2n) is 1.76. The van der Waals surface area contributed by atoms with E-state index < -0.39 is 0 Å². The minimum absolute atomic E-state index is 0.0750. The van der Waals surface area contributed by atoms with Crippen LogP contribution < -0.4 is 0 Å². The number of Topliss-reactive ketones (excluding diaryl/α,β-unsaturated/α-hetero) is 1. The summed E-state index contributed by atoms with van der Waals surface area (Å²) in [4.78, 5) is 10.4. The SMILES string of the molecule is CC(=O)Cn1[c]nnc1. The Balaban J connectivity index is 2.58. The van der Waals surface area contributed by atoms with E-state index >= 15 is 0 Å². The molecule has 47 valence electrons. The summed E-state index contributed by atoms with van der Waals surface area (Å²) in [6, 6.07) is 0. The Kier molecular flexibility index (Phi) is 1.58. The van der Waals surface area contributed by atoms with Gasteiger partial charge in [0.15, 0.2) is 0 Å². The van der Waals surface area contributed by atoms with E-state index in [4.69, 9.17) is 0 Å². The van der Waals surface area contributed by atoms with Gasteiger partial charge in [-0.05, 0) is 6.92 Å². The number of carbonyl (C=O) groups is 1. The first-order valence-electron chi connectivity index (χ1n) is 2.54. The molecule has 1 aromatic heterocycles. The van der Waals surface area contributed by atoms with Crippen LogP contribution in [0.4, 0.5) is 0 Å². The molecule has 0 aliphatic heterocycles. The van der Waals surface area contributed by atoms with Gasteiger partial charge in [-0.3, -0.25) is 4.79 Å². The lowest BCUT2D eigenvalue weighted by molar-refractivity contribution is -0.117. The van der Waals surface area contributed by atoms with Gasteiger partial charge in [-0.2, -0.15) is 0 Å². The zero-order chi connectivity index (χ0) is 6.69. The lowest BCUT2D eigenvalue weighted by atomic mass is 10.4. The highest BCUT2D eigenvalue weighted by Crippen LogP contribution is 1.80. The number of ketones is 1. The van der Waals surface area contributed by atoms with Gasteiger partial charge < -0.3 is 4.57 Å². The summed E-state index contributed by atoms with van der Waals surface area (Å²) in [6.45, 7) is 1.82. The maximum atomic E-state index is 10.4. The van der Waals surface area contributed by atoms with Crippen molar-refractivity contribution in [2.45, 2.75) is 13.5 Å². The molecule has 0 aliphatic carbocycles. The molecule has 9 heavy (non-hydrogen) atoms. The highest BCUT2D eigenvalue weighted by molar-refractivity contribution is 5.75. The Bertz CT molecular complexity index is 192. The molecule has 0 aromatic carbocycles. The van der Waals surface area contributed by atoms with Crippen LogP contribution in [0.2, 0.25) is 0 Å². The Morgan fingerprint density at radius 1 is 1.89 bits per heavy atom. The van der Waals surface area contributed by atoms with Crippen molar-refractivity contribution < 1.29 is 4.79 Å². The Hall–Kier alpha value is -1.19. The first-order valence-corrected chi connectivity index (χ1v) is 2.54. The summed E-state index contributed by atoms with van der Waals surface area (Å²) in [5.74, 6) is 0.0750. The Morgan fingerprint density at radius 3 is 3.11 bits per heavy atom. The molecule has 0 amide bonds. The maximum absolute atomic E-state index is 10.4. The minimum atomic E-state index is 0.0750. The van der Waals surface area contributed by atoms with E-state index in [0.717, 1.165) is 0 Å².